The van der Waals surface area contributed by atoms with Gasteiger partial charge in [-0.15, -0.1) is 0 Å². The van der Waals surface area contributed by atoms with Crippen molar-refractivity contribution in [1.29, 1.82) is 0 Å². The topological polar surface area (TPSA) is 29.3 Å². The van der Waals surface area contributed by atoms with Gasteiger partial charge in [0.05, 0.1) is 0 Å². The molecule has 1 aliphatic carbocycles. The highest BCUT2D eigenvalue weighted by Crippen LogP contribution is 2.37. The molecule has 1 aromatic carbocycles. The summed E-state index contributed by atoms with van der Waals surface area (Å²) in [6.45, 7) is 2.31. The van der Waals surface area contributed by atoms with E-state index in [2.05, 4.69) is 35.2 Å². The molecule has 0 aromatic heterocycles. The molecular formula is C14H20N2. The summed E-state index contributed by atoms with van der Waals surface area (Å²) in [4.78, 5) is 2.59. The summed E-state index contributed by atoms with van der Waals surface area (Å²) in [6.07, 6.45) is 3.92. The van der Waals surface area contributed by atoms with Gasteiger partial charge in [0, 0.05) is 18.6 Å². The monoisotopic (exact) mass is 216 g/mol. The van der Waals surface area contributed by atoms with Crippen LogP contribution in [0.4, 0.5) is 0 Å². The Morgan fingerprint density at radius 3 is 2.75 bits per heavy atom. The molecule has 0 amide bonds. The first-order valence-corrected chi connectivity index (χ1v) is 6.38. The fraction of sp³-hybridized carbons (Fsp3) is 0.571. The quantitative estimate of drug-likeness (QED) is 0.819. The highest BCUT2D eigenvalue weighted by molar-refractivity contribution is 5.15. The number of nitrogens with two attached hydrogens (primary N) is 1. The van der Waals surface area contributed by atoms with Gasteiger partial charge in [0.25, 0.3) is 0 Å². The molecule has 3 rings (SSSR count). The van der Waals surface area contributed by atoms with Crippen molar-refractivity contribution in [1.82, 2.24) is 4.90 Å². The smallest absolute Gasteiger partial charge is 0.0279 e. The maximum atomic E-state index is 6.22. The third-order valence-electron chi connectivity index (χ3n) is 4.23. The molecule has 2 nitrogen and oxygen atoms in total. The number of hydrogen-bond donors (Lipinski definition) is 1. The van der Waals surface area contributed by atoms with Gasteiger partial charge in [0.1, 0.15) is 0 Å². The minimum atomic E-state index is 0.413. The molecule has 2 fully saturated rings. The number of rotatable bonds is 2. The van der Waals surface area contributed by atoms with Gasteiger partial charge >= 0.3 is 0 Å². The van der Waals surface area contributed by atoms with E-state index in [0.29, 0.717) is 12.1 Å². The first kappa shape index (κ1) is 10.3. The normalized spacial score (nSPS) is 34.2. The molecule has 2 aliphatic rings. The van der Waals surface area contributed by atoms with E-state index < -0.39 is 0 Å². The Bertz CT molecular complexity index is 349. The van der Waals surface area contributed by atoms with Crippen LogP contribution in [-0.4, -0.2) is 23.5 Å². The molecule has 0 spiro atoms. The van der Waals surface area contributed by atoms with Crippen molar-refractivity contribution in [3.05, 3.63) is 35.9 Å². The number of nitrogens with zero attached hydrogens (tertiary/aromatic N) is 1. The van der Waals surface area contributed by atoms with Crippen LogP contribution in [0.25, 0.3) is 0 Å². The maximum absolute atomic E-state index is 6.22. The van der Waals surface area contributed by atoms with Crippen molar-refractivity contribution in [2.75, 3.05) is 6.54 Å². The molecule has 0 radical (unpaired) electrons. The molecule has 2 N–H and O–H groups in total. The summed E-state index contributed by atoms with van der Waals surface area (Å²) in [5, 5.41) is 0. The fourth-order valence-corrected chi connectivity index (χ4v) is 3.46. The average Bonchev–Trinajstić information content (AvgIpc) is 2.86. The second-order valence-corrected chi connectivity index (χ2v) is 5.24. The second kappa shape index (κ2) is 4.19. The molecule has 86 valence electrons. The molecule has 16 heavy (non-hydrogen) atoms. The van der Waals surface area contributed by atoms with E-state index in [4.69, 9.17) is 5.73 Å². The number of benzene rings is 1. The Balaban J connectivity index is 1.72. The van der Waals surface area contributed by atoms with E-state index in [9.17, 15) is 0 Å². The minimum absolute atomic E-state index is 0.413. The summed E-state index contributed by atoms with van der Waals surface area (Å²) in [7, 11) is 0. The molecule has 0 bridgehead atoms. The predicted molar refractivity (Wildman–Crippen MR) is 66.0 cm³/mol. The standard InChI is InChI=1S/C14H20N2/c15-13-7-6-12-8-9-16(14(12)13)10-11-4-2-1-3-5-11/h1-5,12-14H,6-10,15H2/t12-,13+,14+/m1/s1. The van der Waals surface area contributed by atoms with Gasteiger partial charge in [-0.1, -0.05) is 30.3 Å². The first-order chi connectivity index (χ1) is 7.84. The van der Waals surface area contributed by atoms with E-state index in [1.807, 2.05) is 0 Å². The van der Waals surface area contributed by atoms with Gasteiger partial charge in [-0.3, -0.25) is 4.90 Å². The lowest BCUT2D eigenvalue weighted by Crippen LogP contribution is -2.42. The van der Waals surface area contributed by atoms with E-state index >= 15 is 0 Å². The van der Waals surface area contributed by atoms with Crippen molar-refractivity contribution in [3.63, 3.8) is 0 Å². The van der Waals surface area contributed by atoms with E-state index in [1.165, 1.54) is 31.4 Å². The third kappa shape index (κ3) is 1.76. The molecule has 2 heteroatoms. The Morgan fingerprint density at radius 2 is 1.94 bits per heavy atom. The molecule has 1 aromatic rings. The van der Waals surface area contributed by atoms with Gasteiger partial charge in [-0.25, -0.2) is 0 Å². The summed E-state index contributed by atoms with van der Waals surface area (Å²) < 4.78 is 0. The van der Waals surface area contributed by atoms with E-state index in [1.54, 1.807) is 0 Å². The largest absolute Gasteiger partial charge is 0.326 e. The molecule has 0 unspecified atom stereocenters. The van der Waals surface area contributed by atoms with Crippen LogP contribution in [0.5, 0.6) is 0 Å². The van der Waals surface area contributed by atoms with Crippen molar-refractivity contribution < 1.29 is 0 Å². The Hall–Kier alpha value is -0.860. The lowest BCUT2D eigenvalue weighted by molar-refractivity contribution is 0.216. The Morgan fingerprint density at radius 1 is 1.12 bits per heavy atom. The average molecular weight is 216 g/mol. The molecule has 1 saturated heterocycles. The zero-order valence-corrected chi connectivity index (χ0v) is 9.68. The van der Waals surface area contributed by atoms with Crippen molar-refractivity contribution in [2.24, 2.45) is 11.7 Å². The van der Waals surface area contributed by atoms with Crippen LogP contribution in [0.1, 0.15) is 24.8 Å². The van der Waals surface area contributed by atoms with Crippen LogP contribution in [-0.2, 0) is 6.54 Å². The van der Waals surface area contributed by atoms with Gasteiger partial charge in [0.15, 0.2) is 0 Å². The highest BCUT2D eigenvalue weighted by atomic mass is 15.2. The second-order valence-electron chi connectivity index (χ2n) is 5.24. The molecule has 1 saturated carbocycles. The summed E-state index contributed by atoms with van der Waals surface area (Å²) >= 11 is 0. The minimum Gasteiger partial charge on any atom is -0.326 e. The SMILES string of the molecule is N[C@H]1CC[C@@H]2CCN(Cc3ccccc3)[C@@H]21. The summed E-state index contributed by atoms with van der Waals surface area (Å²) in [5.74, 6) is 0.874. The predicted octanol–water partition coefficient (Wildman–Crippen LogP) is 2.00. The van der Waals surface area contributed by atoms with Crippen molar-refractivity contribution in [3.8, 4) is 0 Å². The maximum Gasteiger partial charge on any atom is 0.0279 e. The first-order valence-electron chi connectivity index (χ1n) is 6.38. The Kier molecular flexibility index (Phi) is 2.70. The number of likely N-dealkylation sites (tertiary alicyclic amines) is 1. The highest BCUT2D eigenvalue weighted by Gasteiger charge is 2.42. The third-order valence-corrected chi connectivity index (χ3v) is 4.23. The zero-order chi connectivity index (χ0) is 11.0. The van der Waals surface area contributed by atoms with E-state index in [-0.39, 0.29) is 0 Å². The molecule has 1 heterocycles. The Labute approximate surface area is 97.4 Å². The lowest BCUT2D eigenvalue weighted by Gasteiger charge is -2.27. The fourth-order valence-electron chi connectivity index (χ4n) is 3.46. The van der Waals surface area contributed by atoms with Crippen molar-refractivity contribution >= 4 is 0 Å². The van der Waals surface area contributed by atoms with Gasteiger partial charge in [-0.2, -0.15) is 0 Å². The number of fused-ring (bicyclic) bond motifs is 1. The van der Waals surface area contributed by atoms with Gasteiger partial charge in [0.2, 0.25) is 0 Å². The van der Waals surface area contributed by atoms with Crippen LogP contribution < -0.4 is 5.73 Å². The number of hydrogen-bond acceptors (Lipinski definition) is 2. The summed E-state index contributed by atoms with van der Waals surface area (Å²) in [6, 6.07) is 11.8. The van der Waals surface area contributed by atoms with Crippen LogP contribution in [0.15, 0.2) is 30.3 Å². The van der Waals surface area contributed by atoms with Crippen LogP contribution in [0, 0.1) is 5.92 Å². The van der Waals surface area contributed by atoms with Crippen LogP contribution in [0.3, 0.4) is 0 Å². The van der Waals surface area contributed by atoms with Crippen LogP contribution in [0.2, 0.25) is 0 Å². The molecule has 3 atom stereocenters. The van der Waals surface area contributed by atoms with Crippen LogP contribution >= 0.6 is 0 Å². The van der Waals surface area contributed by atoms with Crippen molar-refractivity contribution in [2.45, 2.75) is 37.9 Å². The molecule has 1 aliphatic heterocycles. The van der Waals surface area contributed by atoms with Gasteiger partial charge < -0.3 is 5.73 Å². The lowest BCUT2D eigenvalue weighted by atomic mass is 10.0. The summed E-state index contributed by atoms with van der Waals surface area (Å²) in [5.41, 5.74) is 7.64. The molecular weight excluding hydrogens is 196 g/mol. The van der Waals surface area contributed by atoms with E-state index in [0.717, 1.165) is 12.5 Å². The zero-order valence-electron chi connectivity index (χ0n) is 9.68. The van der Waals surface area contributed by atoms with Gasteiger partial charge in [-0.05, 0) is 37.3 Å².